The molecule has 0 fully saturated rings. The highest BCUT2D eigenvalue weighted by molar-refractivity contribution is 7.90. The van der Waals surface area contributed by atoms with Crippen LogP contribution in [0.15, 0.2) is 29.4 Å². The maximum Gasteiger partial charge on any atom is 0.186 e. The molecule has 0 radical (unpaired) electrons. The van der Waals surface area contributed by atoms with Crippen LogP contribution in [0.3, 0.4) is 0 Å². The zero-order valence-electron chi connectivity index (χ0n) is 9.20. The predicted molar refractivity (Wildman–Crippen MR) is 64.4 cm³/mol. The molecule has 0 N–H and O–H groups in total. The normalized spacial score (nSPS) is 11.6. The molecule has 0 aliphatic rings. The smallest absolute Gasteiger partial charge is 0.186 e. The monoisotopic (exact) mass is 269 g/mol. The van der Waals surface area contributed by atoms with E-state index in [2.05, 4.69) is 15.2 Å². The molecular weight excluding hydrogens is 258 g/mol. The Balaban J connectivity index is 2.24. The fraction of sp³-hybridized carbons (Fsp3) is 0.300. The van der Waals surface area contributed by atoms with Crippen LogP contribution < -0.4 is 0 Å². The van der Waals surface area contributed by atoms with E-state index in [1.54, 1.807) is 12.3 Å². The van der Waals surface area contributed by atoms with Crippen molar-refractivity contribution in [3.05, 3.63) is 34.5 Å². The number of pyridine rings is 1. The highest BCUT2D eigenvalue weighted by Gasteiger charge is 2.18. The van der Waals surface area contributed by atoms with Gasteiger partial charge in [-0.3, -0.25) is 4.98 Å². The number of aromatic nitrogens is 3. The van der Waals surface area contributed by atoms with Crippen LogP contribution in [0.4, 0.5) is 0 Å². The van der Waals surface area contributed by atoms with E-state index in [4.69, 9.17) is 0 Å². The summed E-state index contributed by atoms with van der Waals surface area (Å²) in [7, 11) is -3.36. The van der Waals surface area contributed by atoms with Crippen LogP contribution in [-0.4, -0.2) is 23.6 Å². The molecule has 0 saturated carbocycles. The molecule has 2 rings (SSSR count). The zero-order chi connectivity index (χ0) is 12.3. The van der Waals surface area contributed by atoms with Gasteiger partial charge in [-0.1, -0.05) is 6.92 Å². The van der Waals surface area contributed by atoms with E-state index in [0.29, 0.717) is 5.01 Å². The maximum atomic E-state index is 12.0. The molecule has 7 heteroatoms. The fourth-order valence-corrected chi connectivity index (χ4v) is 3.60. The Morgan fingerprint density at radius 3 is 2.65 bits per heavy atom. The second-order valence-corrected chi connectivity index (χ2v) is 6.53. The van der Waals surface area contributed by atoms with Gasteiger partial charge < -0.3 is 0 Å². The molecule has 0 bridgehead atoms. The number of sulfone groups is 1. The van der Waals surface area contributed by atoms with Gasteiger partial charge in [0, 0.05) is 12.4 Å². The molecule has 0 saturated heterocycles. The van der Waals surface area contributed by atoms with Crippen LogP contribution >= 0.6 is 11.3 Å². The van der Waals surface area contributed by atoms with Crippen molar-refractivity contribution in [1.82, 2.24) is 15.2 Å². The Bertz CT molecular complexity index is 593. The zero-order valence-corrected chi connectivity index (χ0v) is 10.8. The van der Waals surface area contributed by atoms with Crippen molar-refractivity contribution < 1.29 is 8.42 Å². The van der Waals surface area contributed by atoms with E-state index < -0.39 is 9.84 Å². The molecule has 5 nitrogen and oxygen atoms in total. The van der Waals surface area contributed by atoms with Gasteiger partial charge in [-0.15, -0.1) is 21.5 Å². The summed E-state index contributed by atoms with van der Waals surface area (Å²) in [5.74, 6) is -0.115. The molecule has 0 aliphatic carbocycles. The van der Waals surface area contributed by atoms with Crippen molar-refractivity contribution in [1.29, 1.82) is 0 Å². The number of hydrogen-bond donors (Lipinski definition) is 0. The van der Waals surface area contributed by atoms with Gasteiger partial charge in [0.05, 0.1) is 4.90 Å². The number of aryl methyl sites for hydroxylation is 1. The molecule has 2 heterocycles. The summed E-state index contributed by atoms with van der Waals surface area (Å²) in [6.07, 6.45) is 3.65. The summed E-state index contributed by atoms with van der Waals surface area (Å²) in [6, 6.07) is 3.13. The third kappa shape index (κ3) is 2.86. The summed E-state index contributed by atoms with van der Waals surface area (Å²) in [5, 5.41) is 9.14. The van der Waals surface area contributed by atoms with Crippen LogP contribution in [0, 0.1) is 0 Å². The lowest BCUT2D eigenvalue weighted by Crippen LogP contribution is -2.04. The van der Waals surface area contributed by atoms with E-state index in [0.717, 1.165) is 11.4 Å². The number of hydrogen-bond acceptors (Lipinski definition) is 6. The van der Waals surface area contributed by atoms with Gasteiger partial charge in [0.1, 0.15) is 15.8 Å². The van der Waals surface area contributed by atoms with Gasteiger partial charge in [-0.05, 0) is 18.6 Å². The summed E-state index contributed by atoms with van der Waals surface area (Å²) >= 11 is 1.33. The Labute approximate surface area is 103 Å². The Kier molecular flexibility index (Phi) is 3.49. The molecule has 0 aromatic carbocycles. The topological polar surface area (TPSA) is 72.8 Å². The van der Waals surface area contributed by atoms with E-state index in [1.165, 1.54) is 23.6 Å². The highest BCUT2D eigenvalue weighted by atomic mass is 32.2. The summed E-state index contributed by atoms with van der Waals surface area (Å²) in [6.45, 7) is 1.96. The number of rotatable bonds is 4. The van der Waals surface area contributed by atoms with Crippen molar-refractivity contribution in [3.63, 3.8) is 0 Å². The lowest BCUT2D eigenvalue weighted by atomic mass is 10.5. The van der Waals surface area contributed by atoms with Crippen LogP contribution in [0.25, 0.3) is 0 Å². The third-order valence-electron chi connectivity index (χ3n) is 2.12. The Morgan fingerprint density at radius 2 is 2.06 bits per heavy atom. The third-order valence-corrected chi connectivity index (χ3v) is 4.98. The van der Waals surface area contributed by atoms with Crippen LogP contribution in [0.5, 0.6) is 0 Å². The molecule has 0 amide bonds. The van der Waals surface area contributed by atoms with Crippen LogP contribution in [0.2, 0.25) is 0 Å². The minimum absolute atomic E-state index is 0.115. The van der Waals surface area contributed by atoms with E-state index in [-0.39, 0.29) is 10.6 Å². The standard InChI is InChI=1S/C10H11N3O2S2/c1-2-9-12-13-10(16-9)7-17(14,15)8-4-3-5-11-6-8/h3-6H,2,7H2,1H3. The summed E-state index contributed by atoms with van der Waals surface area (Å²) in [5.41, 5.74) is 0. The van der Waals surface area contributed by atoms with Crippen molar-refractivity contribution in [3.8, 4) is 0 Å². The van der Waals surface area contributed by atoms with E-state index in [9.17, 15) is 8.42 Å². The second-order valence-electron chi connectivity index (χ2n) is 3.39. The average Bonchev–Trinajstić information content (AvgIpc) is 2.77. The lowest BCUT2D eigenvalue weighted by molar-refractivity contribution is 0.594. The van der Waals surface area contributed by atoms with Crippen LogP contribution in [0.1, 0.15) is 16.9 Å². The van der Waals surface area contributed by atoms with Crippen molar-refractivity contribution in [2.24, 2.45) is 0 Å². The van der Waals surface area contributed by atoms with Crippen molar-refractivity contribution in [2.75, 3.05) is 0 Å². The van der Waals surface area contributed by atoms with Gasteiger partial charge in [-0.2, -0.15) is 0 Å². The van der Waals surface area contributed by atoms with Gasteiger partial charge in [-0.25, -0.2) is 8.42 Å². The first kappa shape index (κ1) is 12.1. The van der Waals surface area contributed by atoms with Crippen molar-refractivity contribution >= 4 is 21.2 Å². The molecule has 90 valence electrons. The molecule has 0 unspecified atom stereocenters. The van der Waals surface area contributed by atoms with Gasteiger partial charge in [0.25, 0.3) is 0 Å². The van der Waals surface area contributed by atoms with E-state index >= 15 is 0 Å². The second kappa shape index (κ2) is 4.89. The SMILES string of the molecule is CCc1nnc(CS(=O)(=O)c2cccnc2)s1. The lowest BCUT2D eigenvalue weighted by Gasteiger charge is -2.00. The van der Waals surface area contributed by atoms with Crippen molar-refractivity contribution in [2.45, 2.75) is 24.0 Å². The summed E-state index contributed by atoms with van der Waals surface area (Å²) < 4.78 is 24.0. The highest BCUT2D eigenvalue weighted by Crippen LogP contribution is 2.18. The summed E-state index contributed by atoms with van der Waals surface area (Å²) in [4.78, 5) is 4.02. The molecular formula is C10H11N3O2S2. The van der Waals surface area contributed by atoms with Gasteiger partial charge in [0.2, 0.25) is 0 Å². The van der Waals surface area contributed by atoms with Crippen LogP contribution in [-0.2, 0) is 22.0 Å². The van der Waals surface area contributed by atoms with E-state index in [1.807, 2.05) is 6.92 Å². The average molecular weight is 269 g/mol. The predicted octanol–water partition coefficient (Wildman–Crippen LogP) is 1.47. The largest absolute Gasteiger partial charge is 0.263 e. The molecule has 2 aromatic heterocycles. The molecule has 0 aliphatic heterocycles. The maximum absolute atomic E-state index is 12.0. The molecule has 17 heavy (non-hydrogen) atoms. The quantitative estimate of drug-likeness (QED) is 0.840. The minimum atomic E-state index is -3.36. The first-order valence-electron chi connectivity index (χ1n) is 5.06. The number of nitrogens with zero attached hydrogens (tertiary/aromatic N) is 3. The van der Waals surface area contributed by atoms with Gasteiger partial charge >= 0.3 is 0 Å². The van der Waals surface area contributed by atoms with Gasteiger partial charge in [0.15, 0.2) is 9.84 Å². The first-order valence-corrected chi connectivity index (χ1v) is 7.52. The molecule has 0 spiro atoms. The first-order chi connectivity index (χ1) is 8.12. The molecule has 0 atom stereocenters. The Hall–Kier alpha value is -1.34. The fourth-order valence-electron chi connectivity index (χ4n) is 1.27. The Morgan fingerprint density at radius 1 is 1.29 bits per heavy atom. The molecule has 2 aromatic rings. The minimum Gasteiger partial charge on any atom is -0.263 e.